The number of carbonyl (C=O) groups is 1. The summed E-state index contributed by atoms with van der Waals surface area (Å²) in [5.74, 6) is 1.17. The van der Waals surface area contributed by atoms with Crippen LogP contribution in [0.4, 0.5) is 0 Å². The van der Waals surface area contributed by atoms with Gasteiger partial charge in [0.15, 0.2) is 0 Å². The minimum absolute atomic E-state index is 0.0362. The van der Waals surface area contributed by atoms with Crippen LogP contribution in [0.3, 0.4) is 0 Å². The first-order valence-corrected chi connectivity index (χ1v) is 10.6. The maximum Gasteiger partial charge on any atom is 0.254 e. The molecule has 0 aliphatic heterocycles. The molecule has 0 saturated carbocycles. The number of carbonyl (C=O) groups excluding carboxylic acids is 1. The van der Waals surface area contributed by atoms with Gasteiger partial charge in [-0.2, -0.15) is 0 Å². The van der Waals surface area contributed by atoms with Crippen molar-refractivity contribution < 1.29 is 4.79 Å². The molecule has 2 N–H and O–H groups in total. The fourth-order valence-electron chi connectivity index (χ4n) is 2.96. The van der Waals surface area contributed by atoms with Crippen molar-refractivity contribution in [1.29, 1.82) is 0 Å². The minimum atomic E-state index is 0.0362. The number of rotatable bonds is 8. The first-order valence-electron chi connectivity index (χ1n) is 9.61. The molecule has 0 fully saturated rings. The Morgan fingerprint density at radius 3 is 2.71 bits per heavy atom. The molecule has 28 heavy (non-hydrogen) atoms. The molecule has 1 aromatic carbocycles. The average molecular weight is 397 g/mol. The second-order valence-corrected chi connectivity index (χ2v) is 8.42. The highest BCUT2D eigenvalue weighted by molar-refractivity contribution is 7.98. The first-order chi connectivity index (χ1) is 13.5. The molecule has 0 aliphatic carbocycles. The number of nitrogens with two attached hydrogens (primary N) is 1. The number of imidazole rings is 1. The Morgan fingerprint density at radius 1 is 1.21 bits per heavy atom. The standard InChI is InChI=1S/C22H28N4OS/c1-16(2)19(23)11-13-25(3)22(27)18-8-4-5-9-20(18)28-15-17-14-26-12-7-6-10-21(26)24-17/h4-10,12,14,16,19H,11,13,15,23H2,1-3H3. The van der Waals surface area contributed by atoms with Crippen molar-refractivity contribution in [1.82, 2.24) is 14.3 Å². The summed E-state index contributed by atoms with van der Waals surface area (Å²) in [4.78, 5) is 20.3. The molecule has 0 saturated heterocycles. The number of fused-ring (bicyclic) bond motifs is 1. The van der Waals surface area contributed by atoms with E-state index in [2.05, 4.69) is 18.8 Å². The van der Waals surface area contributed by atoms with Crippen LogP contribution < -0.4 is 5.73 Å². The molecular formula is C22H28N4OS. The Kier molecular flexibility index (Phi) is 6.75. The van der Waals surface area contributed by atoms with Gasteiger partial charge in [-0.15, -0.1) is 11.8 Å². The van der Waals surface area contributed by atoms with E-state index in [1.807, 2.05) is 66.3 Å². The van der Waals surface area contributed by atoms with Crippen molar-refractivity contribution in [2.24, 2.45) is 11.7 Å². The van der Waals surface area contributed by atoms with E-state index in [4.69, 9.17) is 5.73 Å². The Labute approximate surface area is 170 Å². The van der Waals surface area contributed by atoms with E-state index in [0.717, 1.165) is 28.2 Å². The van der Waals surface area contributed by atoms with Gasteiger partial charge in [0.2, 0.25) is 0 Å². The molecule has 2 heterocycles. The lowest BCUT2D eigenvalue weighted by molar-refractivity contribution is 0.0786. The van der Waals surface area contributed by atoms with Gasteiger partial charge in [0.1, 0.15) is 5.65 Å². The number of nitrogens with zero attached hydrogens (tertiary/aromatic N) is 3. The van der Waals surface area contributed by atoms with Gasteiger partial charge in [0.25, 0.3) is 5.91 Å². The molecule has 1 atom stereocenters. The zero-order valence-corrected chi connectivity index (χ0v) is 17.5. The highest BCUT2D eigenvalue weighted by Gasteiger charge is 2.17. The maximum atomic E-state index is 13.0. The molecule has 5 nitrogen and oxygen atoms in total. The number of aromatic nitrogens is 2. The van der Waals surface area contributed by atoms with Crippen LogP contribution in [0.5, 0.6) is 0 Å². The smallest absolute Gasteiger partial charge is 0.254 e. The summed E-state index contributed by atoms with van der Waals surface area (Å²) in [5, 5.41) is 0. The van der Waals surface area contributed by atoms with Crippen LogP contribution in [-0.4, -0.2) is 39.8 Å². The summed E-state index contributed by atoms with van der Waals surface area (Å²) in [7, 11) is 1.85. The molecule has 0 aliphatic rings. The average Bonchev–Trinajstić information content (AvgIpc) is 3.12. The number of amides is 1. The molecule has 0 bridgehead atoms. The van der Waals surface area contributed by atoms with Crippen molar-refractivity contribution in [2.75, 3.05) is 13.6 Å². The second kappa shape index (κ2) is 9.26. The third-order valence-corrected chi connectivity index (χ3v) is 6.01. The number of benzene rings is 1. The lowest BCUT2D eigenvalue weighted by Gasteiger charge is -2.22. The van der Waals surface area contributed by atoms with E-state index in [-0.39, 0.29) is 11.9 Å². The first kappa shape index (κ1) is 20.4. The molecule has 3 rings (SSSR count). The maximum absolute atomic E-state index is 13.0. The van der Waals surface area contributed by atoms with Gasteiger partial charge in [-0.1, -0.05) is 32.0 Å². The Morgan fingerprint density at radius 2 is 1.96 bits per heavy atom. The van der Waals surface area contributed by atoms with E-state index in [0.29, 0.717) is 18.2 Å². The molecule has 1 amide bonds. The fraction of sp³-hybridized carbons (Fsp3) is 0.364. The number of hydrogen-bond donors (Lipinski definition) is 1. The third kappa shape index (κ3) is 4.94. The van der Waals surface area contributed by atoms with E-state index in [1.54, 1.807) is 16.7 Å². The third-order valence-electron chi connectivity index (χ3n) is 4.91. The summed E-state index contributed by atoms with van der Waals surface area (Å²) >= 11 is 1.64. The minimum Gasteiger partial charge on any atom is -0.342 e. The summed E-state index contributed by atoms with van der Waals surface area (Å²) in [6.45, 7) is 4.87. The molecule has 0 radical (unpaired) electrons. The molecular weight excluding hydrogens is 368 g/mol. The van der Waals surface area contributed by atoms with Crippen LogP contribution >= 0.6 is 11.8 Å². The number of hydrogen-bond acceptors (Lipinski definition) is 4. The molecule has 6 heteroatoms. The zero-order chi connectivity index (χ0) is 20.1. The summed E-state index contributed by atoms with van der Waals surface area (Å²) in [6.07, 6.45) is 4.83. The van der Waals surface area contributed by atoms with Gasteiger partial charge >= 0.3 is 0 Å². The van der Waals surface area contributed by atoms with Crippen LogP contribution in [0.15, 0.2) is 59.8 Å². The van der Waals surface area contributed by atoms with Gasteiger partial charge in [-0.25, -0.2) is 4.98 Å². The van der Waals surface area contributed by atoms with Gasteiger partial charge in [0, 0.05) is 42.7 Å². The van der Waals surface area contributed by atoms with Crippen LogP contribution in [0, 0.1) is 5.92 Å². The Balaban J connectivity index is 1.67. The van der Waals surface area contributed by atoms with Crippen molar-refractivity contribution in [3.8, 4) is 0 Å². The van der Waals surface area contributed by atoms with Gasteiger partial charge < -0.3 is 15.0 Å². The highest BCUT2D eigenvalue weighted by Crippen LogP contribution is 2.27. The van der Waals surface area contributed by atoms with Crippen LogP contribution in [0.25, 0.3) is 5.65 Å². The Bertz CT molecular complexity index is 904. The summed E-state index contributed by atoms with van der Waals surface area (Å²) in [5.41, 5.74) is 8.79. The quantitative estimate of drug-likeness (QED) is 0.583. The fourth-order valence-corrected chi connectivity index (χ4v) is 3.89. The van der Waals surface area contributed by atoms with E-state index in [1.165, 1.54) is 0 Å². The number of thioether (sulfide) groups is 1. The topological polar surface area (TPSA) is 63.6 Å². The molecule has 2 aromatic heterocycles. The Hall–Kier alpha value is -2.31. The molecule has 3 aromatic rings. The lowest BCUT2D eigenvalue weighted by atomic mass is 10.0. The van der Waals surface area contributed by atoms with Gasteiger partial charge in [-0.3, -0.25) is 4.79 Å². The van der Waals surface area contributed by atoms with Crippen molar-refractivity contribution >= 4 is 23.3 Å². The second-order valence-electron chi connectivity index (χ2n) is 7.41. The van der Waals surface area contributed by atoms with E-state index in [9.17, 15) is 4.79 Å². The largest absolute Gasteiger partial charge is 0.342 e. The van der Waals surface area contributed by atoms with Gasteiger partial charge in [0.05, 0.1) is 11.3 Å². The predicted octanol–water partition coefficient (Wildman–Crippen LogP) is 4.07. The SMILES string of the molecule is CC(C)C(N)CCN(C)C(=O)c1ccccc1SCc1cn2ccccc2n1. The lowest BCUT2D eigenvalue weighted by Crippen LogP contribution is -2.34. The molecule has 148 valence electrons. The van der Waals surface area contributed by atoms with Gasteiger partial charge in [-0.05, 0) is 36.6 Å². The van der Waals surface area contributed by atoms with Crippen LogP contribution in [0.2, 0.25) is 0 Å². The van der Waals surface area contributed by atoms with Crippen LogP contribution in [-0.2, 0) is 5.75 Å². The predicted molar refractivity (Wildman–Crippen MR) is 116 cm³/mol. The van der Waals surface area contributed by atoms with Crippen molar-refractivity contribution in [3.63, 3.8) is 0 Å². The molecule has 1 unspecified atom stereocenters. The summed E-state index contributed by atoms with van der Waals surface area (Å²) in [6, 6.07) is 13.8. The van der Waals surface area contributed by atoms with E-state index < -0.39 is 0 Å². The zero-order valence-electron chi connectivity index (χ0n) is 16.7. The van der Waals surface area contributed by atoms with Crippen molar-refractivity contribution in [3.05, 3.63) is 66.1 Å². The number of pyridine rings is 1. The van der Waals surface area contributed by atoms with Crippen LogP contribution in [0.1, 0.15) is 36.3 Å². The summed E-state index contributed by atoms with van der Waals surface area (Å²) < 4.78 is 2.01. The highest BCUT2D eigenvalue weighted by atomic mass is 32.2. The van der Waals surface area contributed by atoms with Crippen molar-refractivity contribution in [2.45, 2.75) is 37.0 Å². The molecule has 0 spiro atoms. The normalized spacial score (nSPS) is 12.5. The van der Waals surface area contributed by atoms with E-state index >= 15 is 0 Å². The monoisotopic (exact) mass is 396 g/mol.